The van der Waals surface area contributed by atoms with E-state index in [1.54, 1.807) is 5.32 Å². The molecule has 1 aliphatic heterocycles. The van der Waals surface area contributed by atoms with Gasteiger partial charge in [0.2, 0.25) is 11.3 Å². The molecule has 1 aliphatic rings. The SMILES string of the molecule is CC(C)(C)[C@H](NC(=O)c1cn(-c2c(F)cc(F)cc2F)c2nc(N3C[C@@H](O)CC3=O)ccc2c1=O)C(F)(F)F. The van der Waals surface area contributed by atoms with Crippen LogP contribution in [0.25, 0.3) is 16.7 Å². The van der Waals surface area contributed by atoms with Crippen LogP contribution in [0.5, 0.6) is 0 Å². The van der Waals surface area contributed by atoms with Crippen LogP contribution in [0.4, 0.5) is 32.2 Å². The van der Waals surface area contributed by atoms with Crippen molar-refractivity contribution in [2.45, 2.75) is 45.5 Å². The first-order valence-electron chi connectivity index (χ1n) is 11.6. The molecule has 0 bridgehead atoms. The van der Waals surface area contributed by atoms with Gasteiger partial charge in [0, 0.05) is 18.3 Å². The Morgan fingerprint density at radius 3 is 2.23 bits per heavy atom. The number of β-amino-alcohol motifs (C(OH)–C–C–N with tert-alkyl or cyclic N) is 1. The van der Waals surface area contributed by atoms with Gasteiger partial charge in [-0.2, -0.15) is 13.2 Å². The quantitative estimate of drug-likeness (QED) is 0.478. The lowest BCUT2D eigenvalue weighted by Crippen LogP contribution is -2.53. The lowest BCUT2D eigenvalue weighted by atomic mass is 9.86. The minimum Gasteiger partial charge on any atom is -0.391 e. The molecule has 2 amide bonds. The van der Waals surface area contributed by atoms with Crippen LogP contribution in [0.3, 0.4) is 0 Å². The molecule has 1 fully saturated rings. The second-order valence-electron chi connectivity index (χ2n) is 10.2. The number of aliphatic hydroxyl groups is 1. The molecule has 8 nitrogen and oxygen atoms in total. The molecular formula is C25H22F6N4O4. The van der Waals surface area contributed by atoms with Crippen LogP contribution in [0.2, 0.25) is 0 Å². The molecule has 14 heteroatoms. The molecule has 208 valence electrons. The van der Waals surface area contributed by atoms with E-state index in [0.29, 0.717) is 22.9 Å². The molecule has 1 aromatic carbocycles. The van der Waals surface area contributed by atoms with Crippen molar-refractivity contribution in [3.63, 3.8) is 0 Å². The number of carbonyl (C=O) groups is 2. The summed E-state index contributed by atoms with van der Waals surface area (Å²) in [5.74, 6) is -6.32. The van der Waals surface area contributed by atoms with Crippen molar-refractivity contribution in [3.05, 3.63) is 63.7 Å². The zero-order valence-electron chi connectivity index (χ0n) is 20.7. The summed E-state index contributed by atoms with van der Waals surface area (Å²) in [5, 5.41) is 11.1. The normalized spacial score (nSPS) is 17.1. The maximum absolute atomic E-state index is 14.8. The van der Waals surface area contributed by atoms with Crippen molar-refractivity contribution >= 4 is 28.7 Å². The van der Waals surface area contributed by atoms with Crippen LogP contribution in [-0.2, 0) is 4.79 Å². The highest BCUT2D eigenvalue weighted by atomic mass is 19.4. The third-order valence-corrected chi connectivity index (χ3v) is 6.15. The van der Waals surface area contributed by atoms with Crippen LogP contribution in [-0.4, -0.2) is 51.3 Å². The van der Waals surface area contributed by atoms with Gasteiger partial charge >= 0.3 is 6.18 Å². The van der Waals surface area contributed by atoms with Gasteiger partial charge < -0.3 is 10.4 Å². The molecule has 0 saturated carbocycles. The minimum absolute atomic E-state index is 0.109. The Morgan fingerprint density at radius 1 is 1.10 bits per heavy atom. The number of fused-ring (bicyclic) bond motifs is 1. The summed E-state index contributed by atoms with van der Waals surface area (Å²) >= 11 is 0. The highest BCUT2D eigenvalue weighted by Crippen LogP contribution is 2.33. The summed E-state index contributed by atoms with van der Waals surface area (Å²) in [6.07, 6.45) is -5.53. The Bertz CT molecular complexity index is 1510. The van der Waals surface area contributed by atoms with E-state index in [4.69, 9.17) is 0 Å². The number of rotatable bonds is 4. The number of hydrogen-bond donors (Lipinski definition) is 2. The number of benzene rings is 1. The van der Waals surface area contributed by atoms with E-state index in [1.165, 1.54) is 26.8 Å². The third kappa shape index (κ3) is 5.33. The van der Waals surface area contributed by atoms with E-state index in [-0.39, 0.29) is 18.8 Å². The topological polar surface area (TPSA) is 105 Å². The number of amides is 2. The summed E-state index contributed by atoms with van der Waals surface area (Å²) in [7, 11) is 0. The average Bonchev–Trinajstić information content (AvgIpc) is 3.14. The smallest absolute Gasteiger partial charge is 0.391 e. The highest BCUT2D eigenvalue weighted by Gasteiger charge is 2.48. The summed E-state index contributed by atoms with van der Waals surface area (Å²) in [6.45, 7) is 3.49. The molecule has 2 N–H and O–H groups in total. The van der Waals surface area contributed by atoms with Gasteiger partial charge in [-0.1, -0.05) is 20.8 Å². The van der Waals surface area contributed by atoms with Gasteiger partial charge in [0.05, 0.1) is 24.5 Å². The largest absolute Gasteiger partial charge is 0.409 e. The van der Waals surface area contributed by atoms with Crippen molar-refractivity contribution in [3.8, 4) is 5.69 Å². The molecule has 39 heavy (non-hydrogen) atoms. The maximum Gasteiger partial charge on any atom is 0.409 e. The average molecular weight is 556 g/mol. The molecular weight excluding hydrogens is 534 g/mol. The number of aliphatic hydroxyl groups excluding tert-OH is 1. The standard InChI is InChI=1S/C25H22F6N4O4/c1-24(2,3)23(25(29,30)31)33-22(39)14-10-35(19-15(27)6-11(26)7-16(19)28)21-13(20(14)38)4-5-17(32-21)34-9-12(36)8-18(34)37/h4-7,10,12,23,36H,8-9H2,1-3H3,(H,33,39)/t12-,23-/m0/s1. The molecule has 2 atom stereocenters. The number of nitrogens with one attached hydrogen (secondary N) is 1. The Balaban J connectivity index is 1.97. The Kier molecular flexibility index (Phi) is 6.96. The van der Waals surface area contributed by atoms with Crippen molar-refractivity contribution in [1.29, 1.82) is 0 Å². The minimum atomic E-state index is -4.90. The van der Waals surface area contributed by atoms with E-state index in [0.717, 1.165) is 11.0 Å². The summed E-state index contributed by atoms with van der Waals surface area (Å²) < 4.78 is 85.0. The Labute approximate surface area is 216 Å². The van der Waals surface area contributed by atoms with Gasteiger partial charge in [-0.25, -0.2) is 18.2 Å². The Hall–Kier alpha value is -3.94. The first-order valence-corrected chi connectivity index (χ1v) is 11.6. The van der Waals surface area contributed by atoms with Crippen LogP contribution in [0.1, 0.15) is 37.6 Å². The highest BCUT2D eigenvalue weighted by molar-refractivity contribution is 5.99. The predicted octanol–water partition coefficient (Wildman–Crippen LogP) is 3.61. The third-order valence-electron chi connectivity index (χ3n) is 6.15. The monoisotopic (exact) mass is 556 g/mol. The lowest BCUT2D eigenvalue weighted by molar-refractivity contribution is -0.174. The van der Waals surface area contributed by atoms with Gasteiger partial charge in [-0.3, -0.25) is 23.9 Å². The molecule has 3 heterocycles. The fourth-order valence-corrected chi connectivity index (χ4v) is 4.35. The molecule has 1 saturated heterocycles. The zero-order valence-corrected chi connectivity index (χ0v) is 20.7. The van der Waals surface area contributed by atoms with Gasteiger partial charge in [-0.15, -0.1) is 0 Å². The van der Waals surface area contributed by atoms with Gasteiger partial charge in [-0.05, 0) is 17.5 Å². The number of aromatic nitrogens is 2. The Morgan fingerprint density at radius 2 is 1.72 bits per heavy atom. The molecule has 3 aromatic rings. The number of hydrogen-bond acceptors (Lipinski definition) is 5. The maximum atomic E-state index is 14.8. The molecule has 2 aromatic heterocycles. The molecule has 0 spiro atoms. The van der Waals surface area contributed by atoms with Gasteiger partial charge in [0.15, 0.2) is 17.3 Å². The van der Waals surface area contributed by atoms with E-state index in [2.05, 4.69) is 4.98 Å². The predicted molar refractivity (Wildman–Crippen MR) is 127 cm³/mol. The van der Waals surface area contributed by atoms with Gasteiger partial charge in [0.25, 0.3) is 5.91 Å². The molecule has 0 unspecified atom stereocenters. The summed E-state index contributed by atoms with van der Waals surface area (Å²) in [6, 6.07) is 0.511. The van der Waals surface area contributed by atoms with Crippen LogP contribution in [0, 0.1) is 22.9 Å². The second kappa shape index (κ2) is 9.67. The molecule has 0 radical (unpaired) electrons. The summed E-state index contributed by atoms with van der Waals surface area (Å²) in [5.41, 5.74) is -4.98. The first-order chi connectivity index (χ1) is 18.0. The number of pyridine rings is 2. The van der Waals surface area contributed by atoms with Crippen molar-refractivity contribution in [1.82, 2.24) is 14.9 Å². The van der Waals surface area contributed by atoms with Crippen LogP contribution >= 0.6 is 0 Å². The number of anilines is 1. The summed E-state index contributed by atoms with van der Waals surface area (Å²) in [4.78, 5) is 43.7. The van der Waals surface area contributed by atoms with E-state index < -0.39 is 80.7 Å². The number of nitrogens with zero attached hydrogens (tertiary/aromatic N) is 3. The molecule has 0 aliphatic carbocycles. The van der Waals surface area contributed by atoms with E-state index >= 15 is 0 Å². The number of halogens is 6. The van der Waals surface area contributed by atoms with Crippen molar-refractivity contribution in [2.75, 3.05) is 11.4 Å². The number of carbonyl (C=O) groups excluding carboxylic acids is 2. The van der Waals surface area contributed by atoms with E-state index in [9.17, 15) is 45.8 Å². The van der Waals surface area contributed by atoms with Crippen LogP contribution < -0.4 is 15.6 Å². The molecule has 4 rings (SSSR count). The lowest BCUT2D eigenvalue weighted by Gasteiger charge is -2.33. The van der Waals surface area contributed by atoms with Gasteiger partial charge in [0.1, 0.15) is 28.9 Å². The van der Waals surface area contributed by atoms with Crippen molar-refractivity contribution in [2.24, 2.45) is 5.41 Å². The fourth-order valence-electron chi connectivity index (χ4n) is 4.35. The van der Waals surface area contributed by atoms with Crippen LogP contribution in [0.15, 0.2) is 35.3 Å². The van der Waals surface area contributed by atoms with Crippen molar-refractivity contribution < 1.29 is 41.0 Å². The fraction of sp³-hybridized carbons (Fsp3) is 0.360. The number of alkyl halides is 3. The van der Waals surface area contributed by atoms with E-state index in [1.807, 2.05) is 0 Å². The second-order valence-corrected chi connectivity index (χ2v) is 10.2. The first kappa shape index (κ1) is 28.1. The zero-order chi connectivity index (χ0) is 29.0.